The van der Waals surface area contributed by atoms with Crippen LogP contribution in [0, 0.1) is 0 Å². The van der Waals surface area contributed by atoms with E-state index in [9.17, 15) is 0 Å². The highest BCUT2D eigenvalue weighted by Gasteiger charge is 2.14. The van der Waals surface area contributed by atoms with Crippen LogP contribution < -0.4 is 11.1 Å². The zero-order chi connectivity index (χ0) is 11.1. The summed E-state index contributed by atoms with van der Waals surface area (Å²) in [5.41, 5.74) is 5.68. The Balaban J connectivity index is 2.13. The van der Waals surface area contributed by atoms with Gasteiger partial charge < -0.3 is 20.5 Å². The van der Waals surface area contributed by atoms with E-state index in [0.717, 1.165) is 26.0 Å². The van der Waals surface area contributed by atoms with E-state index in [1.165, 1.54) is 0 Å². The van der Waals surface area contributed by atoms with Crippen molar-refractivity contribution in [3.8, 4) is 0 Å². The smallest absolute Gasteiger partial charge is 0.188 e. The number of hydrogen-bond donors (Lipinski definition) is 2. The quantitative estimate of drug-likeness (QED) is 0.504. The van der Waals surface area contributed by atoms with E-state index in [1.54, 1.807) is 7.11 Å². The molecule has 0 aromatic rings. The SMILES string of the molecule is CO[C@@H](C)CN=C(N)NC[C@@H]1CCCO1. The third-order valence-corrected chi connectivity index (χ3v) is 2.46. The van der Waals surface area contributed by atoms with Gasteiger partial charge in [0.1, 0.15) is 0 Å². The summed E-state index contributed by atoms with van der Waals surface area (Å²) in [4.78, 5) is 4.16. The molecule has 5 heteroatoms. The number of nitrogens with one attached hydrogen (secondary N) is 1. The first-order valence-electron chi connectivity index (χ1n) is 5.40. The minimum absolute atomic E-state index is 0.105. The first-order chi connectivity index (χ1) is 7.22. The van der Waals surface area contributed by atoms with Gasteiger partial charge in [-0.25, -0.2) is 0 Å². The van der Waals surface area contributed by atoms with Gasteiger partial charge in [-0.05, 0) is 19.8 Å². The summed E-state index contributed by atoms with van der Waals surface area (Å²) < 4.78 is 10.5. The summed E-state index contributed by atoms with van der Waals surface area (Å²) in [6, 6.07) is 0. The lowest BCUT2D eigenvalue weighted by Crippen LogP contribution is -2.37. The minimum Gasteiger partial charge on any atom is -0.380 e. The van der Waals surface area contributed by atoms with E-state index >= 15 is 0 Å². The first kappa shape index (κ1) is 12.3. The second kappa shape index (κ2) is 6.63. The fourth-order valence-corrected chi connectivity index (χ4v) is 1.38. The van der Waals surface area contributed by atoms with E-state index in [2.05, 4.69) is 10.3 Å². The van der Waals surface area contributed by atoms with Crippen molar-refractivity contribution >= 4 is 5.96 Å². The van der Waals surface area contributed by atoms with Gasteiger partial charge in [0.15, 0.2) is 5.96 Å². The average molecular weight is 215 g/mol. The second-order valence-electron chi connectivity index (χ2n) is 3.79. The van der Waals surface area contributed by atoms with Crippen molar-refractivity contribution in [2.75, 3.05) is 26.8 Å². The molecule has 5 nitrogen and oxygen atoms in total. The first-order valence-corrected chi connectivity index (χ1v) is 5.40. The fraction of sp³-hybridized carbons (Fsp3) is 0.900. The molecule has 0 amide bonds. The Morgan fingerprint density at radius 3 is 3.13 bits per heavy atom. The molecule has 1 aliphatic heterocycles. The molecule has 88 valence electrons. The average Bonchev–Trinajstić information content (AvgIpc) is 2.75. The number of nitrogens with zero attached hydrogens (tertiary/aromatic N) is 1. The minimum atomic E-state index is 0.105. The molecule has 0 aliphatic carbocycles. The van der Waals surface area contributed by atoms with Crippen LogP contribution in [0.15, 0.2) is 4.99 Å². The second-order valence-corrected chi connectivity index (χ2v) is 3.79. The molecule has 0 unspecified atom stereocenters. The molecule has 2 atom stereocenters. The van der Waals surface area contributed by atoms with E-state index in [-0.39, 0.29) is 6.10 Å². The maximum absolute atomic E-state index is 5.68. The molecule has 1 heterocycles. The number of nitrogens with two attached hydrogens (primary N) is 1. The number of ether oxygens (including phenoxy) is 2. The Hall–Kier alpha value is -0.810. The van der Waals surface area contributed by atoms with Gasteiger partial charge in [0.25, 0.3) is 0 Å². The lowest BCUT2D eigenvalue weighted by Gasteiger charge is -2.12. The molecule has 0 aromatic heterocycles. The molecule has 3 N–H and O–H groups in total. The van der Waals surface area contributed by atoms with Gasteiger partial charge >= 0.3 is 0 Å². The molecule has 0 spiro atoms. The highest BCUT2D eigenvalue weighted by molar-refractivity contribution is 5.77. The van der Waals surface area contributed by atoms with Crippen molar-refractivity contribution in [3.05, 3.63) is 0 Å². The summed E-state index contributed by atoms with van der Waals surface area (Å²) in [7, 11) is 1.66. The topological polar surface area (TPSA) is 68.9 Å². The highest BCUT2D eigenvalue weighted by Crippen LogP contribution is 2.10. The van der Waals surface area contributed by atoms with Crippen molar-refractivity contribution < 1.29 is 9.47 Å². The number of methoxy groups -OCH3 is 1. The number of rotatable bonds is 5. The lowest BCUT2D eigenvalue weighted by molar-refractivity contribution is 0.113. The molecule has 1 fully saturated rings. The van der Waals surface area contributed by atoms with Crippen molar-refractivity contribution in [1.82, 2.24) is 5.32 Å². The van der Waals surface area contributed by atoms with Crippen LogP contribution in [0.1, 0.15) is 19.8 Å². The van der Waals surface area contributed by atoms with Crippen LogP contribution in [0.2, 0.25) is 0 Å². The lowest BCUT2D eigenvalue weighted by atomic mass is 10.2. The Kier molecular flexibility index (Phi) is 5.42. The molecule has 1 saturated heterocycles. The molecule has 0 saturated carbocycles. The summed E-state index contributed by atoms with van der Waals surface area (Å²) in [6.45, 7) is 4.15. The standard InChI is InChI=1S/C10H21N3O2/c1-8(14-2)6-12-10(11)13-7-9-4-3-5-15-9/h8-9H,3-7H2,1-2H3,(H3,11,12,13)/t8-,9-/m0/s1. The predicted octanol–water partition coefficient (Wildman–Crippen LogP) is 0.105. The van der Waals surface area contributed by atoms with Gasteiger partial charge in [0.05, 0.1) is 18.8 Å². The molecule has 0 radical (unpaired) electrons. The van der Waals surface area contributed by atoms with Crippen LogP contribution in [0.4, 0.5) is 0 Å². The van der Waals surface area contributed by atoms with Gasteiger partial charge in [0, 0.05) is 20.3 Å². The summed E-state index contributed by atoms with van der Waals surface area (Å²) in [6.07, 6.45) is 2.64. The van der Waals surface area contributed by atoms with E-state index in [1.807, 2.05) is 6.92 Å². The summed E-state index contributed by atoms with van der Waals surface area (Å²) in [5.74, 6) is 0.467. The zero-order valence-electron chi connectivity index (χ0n) is 9.53. The van der Waals surface area contributed by atoms with Crippen LogP contribution in [-0.4, -0.2) is 45.0 Å². The van der Waals surface area contributed by atoms with Gasteiger partial charge in [0.2, 0.25) is 0 Å². The third-order valence-electron chi connectivity index (χ3n) is 2.46. The molecule has 0 bridgehead atoms. The predicted molar refractivity (Wildman–Crippen MR) is 59.9 cm³/mol. The van der Waals surface area contributed by atoms with Gasteiger partial charge in [-0.15, -0.1) is 0 Å². The summed E-state index contributed by atoms with van der Waals surface area (Å²) in [5, 5.41) is 3.05. The molecule has 1 aliphatic rings. The molecular weight excluding hydrogens is 194 g/mol. The molecule has 15 heavy (non-hydrogen) atoms. The van der Waals surface area contributed by atoms with E-state index in [4.69, 9.17) is 15.2 Å². The third kappa shape index (κ3) is 4.99. The van der Waals surface area contributed by atoms with Crippen LogP contribution >= 0.6 is 0 Å². The number of hydrogen-bond acceptors (Lipinski definition) is 3. The molecular formula is C10H21N3O2. The van der Waals surface area contributed by atoms with Gasteiger partial charge in [-0.3, -0.25) is 4.99 Å². The van der Waals surface area contributed by atoms with Crippen molar-refractivity contribution in [1.29, 1.82) is 0 Å². The van der Waals surface area contributed by atoms with Gasteiger partial charge in [-0.2, -0.15) is 0 Å². The number of aliphatic imine (C=N–C) groups is 1. The largest absolute Gasteiger partial charge is 0.380 e. The fourth-order valence-electron chi connectivity index (χ4n) is 1.38. The Bertz CT molecular complexity index is 203. The van der Waals surface area contributed by atoms with Crippen LogP contribution in [0.3, 0.4) is 0 Å². The summed E-state index contributed by atoms with van der Waals surface area (Å²) >= 11 is 0. The highest BCUT2D eigenvalue weighted by atomic mass is 16.5. The number of guanidine groups is 1. The van der Waals surface area contributed by atoms with E-state index < -0.39 is 0 Å². The Morgan fingerprint density at radius 2 is 2.53 bits per heavy atom. The molecule has 0 aromatic carbocycles. The zero-order valence-corrected chi connectivity index (χ0v) is 9.53. The van der Waals surface area contributed by atoms with Crippen molar-refractivity contribution in [2.24, 2.45) is 10.7 Å². The monoisotopic (exact) mass is 215 g/mol. The Labute approximate surface area is 91.0 Å². The van der Waals surface area contributed by atoms with Crippen molar-refractivity contribution in [3.63, 3.8) is 0 Å². The van der Waals surface area contributed by atoms with Crippen LogP contribution in [0.25, 0.3) is 0 Å². The van der Waals surface area contributed by atoms with Crippen LogP contribution in [-0.2, 0) is 9.47 Å². The van der Waals surface area contributed by atoms with Crippen LogP contribution in [0.5, 0.6) is 0 Å². The normalized spacial score (nSPS) is 24.1. The molecule has 1 rings (SSSR count). The maximum Gasteiger partial charge on any atom is 0.188 e. The Morgan fingerprint density at radius 1 is 1.73 bits per heavy atom. The maximum atomic E-state index is 5.68. The van der Waals surface area contributed by atoms with Gasteiger partial charge in [-0.1, -0.05) is 0 Å². The van der Waals surface area contributed by atoms with E-state index in [0.29, 0.717) is 18.6 Å². The van der Waals surface area contributed by atoms with Crippen molar-refractivity contribution in [2.45, 2.75) is 32.0 Å².